The molecule has 0 bridgehead atoms. The van der Waals surface area contributed by atoms with Crippen LogP contribution >= 0.6 is 0 Å². The molecule has 31 heavy (non-hydrogen) atoms. The lowest BCUT2D eigenvalue weighted by Gasteiger charge is -2.19. The summed E-state index contributed by atoms with van der Waals surface area (Å²) in [7, 11) is 0. The number of carboxylic acid groups (broad SMARTS) is 1. The van der Waals surface area contributed by atoms with E-state index < -0.39 is 18.1 Å². The average Bonchev–Trinajstić information content (AvgIpc) is 3.07. The van der Waals surface area contributed by atoms with Crippen LogP contribution in [0.25, 0.3) is 11.1 Å². The number of amides is 1. The third-order valence-corrected chi connectivity index (χ3v) is 5.69. The van der Waals surface area contributed by atoms with E-state index in [4.69, 9.17) is 4.74 Å². The zero-order valence-electron chi connectivity index (χ0n) is 17.4. The summed E-state index contributed by atoms with van der Waals surface area (Å²) in [5.41, 5.74) is 6.70. The summed E-state index contributed by atoms with van der Waals surface area (Å²) in [6.07, 6.45) is -0.338. The fraction of sp³-hybridized carbons (Fsp3) is 0.231. The van der Waals surface area contributed by atoms with Crippen LogP contribution in [0, 0.1) is 6.92 Å². The predicted octanol–water partition coefficient (Wildman–Crippen LogP) is 4.92. The third kappa shape index (κ3) is 4.77. The number of benzene rings is 3. The third-order valence-electron chi connectivity index (χ3n) is 5.69. The van der Waals surface area contributed by atoms with Gasteiger partial charge in [0.15, 0.2) is 0 Å². The number of carbonyl (C=O) groups is 2. The van der Waals surface area contributed by atoms with E-state index >= 15 is 0 Å². The molecule has 5 heteroatoms. The van der Waals surface area contributed by atoms with Crippen molar-refractivity contribution in [2.75, 3.05) is 6.61 Å². The van der Waals surface area contributed by atoms with Gasteiger partial charge in [-0.05, 0) is 41.2 Å². The second kappa shape index (κ2) is 9.04. The Hall–Kier alpha value is -3.60. The van der Waals surface area contributed by atoms with Crippen LogP contribution in [0.1, 0.15) is 34.6 Å². The van der Waals surface area contributed by atoms with E-state index in [0.717, 1.165) is 33.4 Å². The van der Waals surface area contributed by atoms with Gasteiger partial charge in [-0.25, -0.2) is 4.79 Å². The molecular formula is C26H25NO4. The number of nitrogens with one attached hydrogen (secondary N) is 1. The standard InChI is InChI=1S/C26H25NO4/c1-17-10-12-18(13-11-17)14-19(15-25(28)29)27-26(30)31-16-24-22-8-4-2-6-20(22)21-7-3-5-9-23(21)24/h2-13,19,24H,14-16H2,1H3,(H,27,30)(H,28,29)/t19-/m1/s1. The number of hydrogen-bond acceptors (Lipinski definition) is 3. The number of carbonyl (C=O) groups excluding carboxylic acids is 1. The number of aliphatic carboxylic acids is 1. The van der Waals surface area contributed by atoms with Gasteiger partial charge in [0, 0.05) is 12.0 Å². The summed E-state index contributed by atoms with van der Waals surface area (Å²) in [5.74, 6) is -0.996. The minimum atomic E-state index is -0.962. The summed E-state index contributed by atoms with van der Waals surface area (Å²) in [6, 6.07) is 23.6. The molecule has 0 aliphatic heterocycles. The minimum Gasteiger partial charge on any atom is -0.481 e. The van der Waals surface area contributed by atoms with Crippen LogP contribution < -0.4 is 5.32 Å². The topological polar surface area (TPSA) is 75.6 Å². The number of ether oxygens (including phenoxy) is 1. The van der Waals surface area contributed by atoms with Crippen molar-refractivity contribution in [3.05, 3.63) is 95.1 Å². The molecule has 0 saturated heterocycles. The van der Waals surface area contributed by atoms with Gasteiger partial charge in [-0.15, -0.1) is 0 Å². The Morgan fingerprint density at radius 2 is 1.52 bits per heavy atom. The number of fused-ring (bicyclic) bond motifs is 3. The van der Waals surface area contributed by atoms with Gasteiger partial charge in [0.1, 0.15) is 6.61 Å². The first-order valence-electron chi connectivity index (χ1n) is 10.4. The molecule has 3 aromatic carbocycles. The van der Waals surface area contributed by atoms with Crippen molar-refractivity contribution in [2.45, 2.75) is 31.7 Å². The smallest absolute Gasteiger partial charge is 0.407 e. The molecule has 158 valence electrons. The molecule has 0 heterocycles. The maximum Gasteiger partial charge on any atom is 0.407 e. The van der Waals surface area contributed by atoms with Crippen LogP contribution in [0.4, 0.5) is 4.79 Å². The first kappa shape index (κ1) is 20.7. The van der Waals surface area contributed by atoms with Gasteiger partial charge >= 0.3 is 12.1 Å². The zero-order chi connectivity index (χ0) is 21.8. The van der Waals surface area contributed by atoms with Crippen LogP contribution in [0.5, 0.6) is 0 Å². The fourth-order valence-electron chi connectivity index (χ4n) is 4.20. The lowest BCUT2D eigenvalue weighted by Crippen LogP contribution is -2.39. The number of carboxylic acids is 1. The van der Waals surface area contributed by atoms with E-state index in [1.54, 1.807) is 0 Å². The first-order chi connectivity index (χ1) is 15.0. The molecule has 3 aromatic rings. The lowest BCUT2D eigenvalue weighted by molar-refractivity contribution is -0.137. The molecule has 2 N–H and O–H groups in total. The van der Waals surface area contributed by atoms with E-state index in [1.807, 2.05) is 55.5 Å². The molecule has 0 radical (unpaired) electrons. The van der Waals surface area contributed by atoms with Crippen molar-refractivity contribution < 1.29 is 19.4 Å². The Morgan fingerprint density at radius 3 is 2.10 bits per heavy atom. The van der Waals surface area contributed by atoms with Gasteiger partial charge in [-0.3, -0.25) is 4.79 Å². The summed E-state index contributed by atoms with van der Waals surface area (Å²) >= 11 is 0. The van der Waals surface area contributed by atoms with Gasteiger partial charge in [-0.1, -0.05) is 78.4 Å². The van der Waals surface area contributed by atoms with Gasteiger partial charge in [0.2, 0.25) is 0 Å². The lowest BCUT2D eigenvalue weighted by atomic mass is 9.98. The molecule has 0 unspecified atom stereocenters. The summed E-state index contributed by atoms with van der Waals surface area (Å²) in [4.78, 5) is 23.8. The van der Waals surface area contributed by atoms with Gasteiger partial charge in [-0.2, -0.15) is 0 Å². The number of aryl methyl sites for hydroxylation is 1. The molecule has 1 amide bonds. The maximum atomic E-state index is 12.5. The molecule has 0 fully saturated rings. The van der Waals surface area contributed by atoms with Crippen molar-refractivity contribution in [3.63, 3.8) is 0 Å². The summed E-state index contributed by atoms with van der Waals surface area (Å²) < 4.78 is 5.57. The zero-order valence-corrected chi connectivity index (χ0v) is 17.4. The van der Waals surface area contributed by atoms with Crippen molar-refractivity contribution >= 4 is 12.1 Å². The molecular weight excluding hydrogens is 390 g/mol. The highest BCUT2D eigenvalue weighted by Crippen LogP contribution is 2.44. The van der Waals surface area contributed by atoms with Crippen LogP contribution in [0.15, 0.2) is 72.8 Å². The Labute approximate surface area is 181 Å². The maximum absolute atomic E-state index is 12.5. The highest BCUT2D eigenvalue weighted by atomic mass is 16.5. The van der Waals surface area contributed by atoms with Crippen molar-refractivity contribution in [2.24, 2.45) is 0 Å². The van der Waals surface area contributed by atoms with Gasteiger partial charge in [0.25, 0.3) is 0 Å². The quantitative estimate of drug-likeness (QED) is 0.574. The molecule has 0 spiro atoms. The van der Waals surface area contributed by atoms with Crippen molar-refractivity contribution in [1.82, 2.24) is 5.32 Å². The number of alkyl carbamates (subject to hydrolysis) is 1. The fourth-order valence-corrected chi connectivity index (χ4v) is 4.20. The van der Waals surface area contributed by atoms with Gasteiger partial charge < -0.3 is 15.2 Å². The van der Waals surface area contributed by atoms with E-state index in [2.05, 4.69) is 29.6 Å². The first-order valence-corrected chi connectivity index (χ1v) is 10.4. The molecule has 1 atom stereocenters. The Kier molecular flexibility index (Phi) is 6.03. The predicted molar refractivity (Wildman–Crippen MR) is 119 cm³/mol. The molecule has 1 aliphatic carbocycles. The molecule has 1 aliphatic rings. The van der Waals surface area contributed by atoms with Crippen LogP contribution in [-0.4, -0.2) is 29.8 Å². The molecule has 5 nitrogen and oxygen atoms in total. The highest BCUT2D eigenvalue weighted by molar-refractivity contribution is 5.79. The Morgan fingerprint density at radius 1 is 0.935 bits per heavy atom. The second-order valence-electron chi connectivity index (χ2n) is 7.95. The summed E-state index contributed by atoms with van der Waals surface area (Å²) in [6.45, 7) is 2.19. The number of rotatable bonds is 7. The van der Waals surface area contributed by atoms with E-state index in [9.17, 15) is 14.7 Å². The van der Waals surface area contributed by atoms with Crippen molar-refractivity contribution in [3.8, 4) is 11.1 Å². The van der Waals surface area contributed by atoms with Crippen LogP contribution in [-0.2, 0) is 16.0 Å². The summed E-state index contributed by atoms with van der Waals surface area (Å²) in [5, 5.41) is 12.0. The van der Waals surface area contributed by atoms with Crippen molar-refractivity contribution in [1.29, 1.82) is 0 Å². The van der Waals surface area contributed by atoms with E-state index in [1.165, 1.54) is 0 Å². The second-order valence-corrected chi connectivity index (χ2v) is 7.95. The number of hydrogen-bond donors (Lipinski definition) is 2. The largest absolute Gasteiger partial charge is 0.481 e. The Balaban J connectivity index is 1.42. The molecule has 0 aromatic heterocycles. The van der Waals surface area contributed by atoms with E-state index in [-0.39, 0.29) is 18.9 Å². The normalized spacial score (nSPS) is 13.2. The molecule has 4 rings (SSSR count). The van der Waals surface area contributed by atoms with Crippen LogP contribution in [0.2, 0.25) is 0 Å². The average molecular weight is 415 g/mol. The van der Waals surface area contributed by atoms with Gasteiger partial charge in [0.05, 0.1) is 6.42 Å². The monoisotopic (exact) mass is 415 g/mol. The minimum absolute atomic E-state index is 0.0341. The highest BCUT2D eigenvalue weighted by Gasteiger charge is 2.29. The van der Waals surface area contributed by atoms with Crippen LogP contribution in [0.3, 0.4) is 0 Å². The molecule has 0 saturated carbocycles. The Bertz CT molecular complexity index is 1050. The van der Waals surface area contributed by atoms with E-state index in [0.29, 0.717) is 6.42 Å². The SMILES string of the molecule is Cc1ccc(C[C@H](CC(=O)O)NC(=O)OCC2c3ccccc3-c3ccccc32)cc1.